The summed E-state index contributed by atoms with van der Waals surface area (Å²) in [6.45, 7) is 7.30. The Bertz CT molecular complexity index is 159. The topological polar surface area (TPSA) is 18.5 Å². The van der Waals surface area contributed by atoms with E-state index in [4.69, 9.17) is 9.47 Å². The smallest absolute Gasteiger partial charge is 0.0709 e. The third-order valence-corrected chi connectivity index (χ3v) is 1.65. The molecule has 0 unspecified atom stereocenters. The van der Waals surface area contributed by atoms with Crippen molar-refractivity contribution in [2.45, 2.75) is 13.3 Å². The summed E-state index contributed by atoms with van der Waals surface area (Å²) in [5, 5.41) is 0. The van der Waals surface area contributed by atoms with Gasteiger partial charge < -0.3 is 9.47 Å². The first-order valence-electron chi connectivity index (χ1n) is 4.05. The maximum Gasteiger partial charge on any atom is 0.0709 e. The largest absolute Gasteiger partial charge is 0.384 e. The van der Waals surface area contributed by atoms with Crippen LogP contribution in [-0.4, -0.2) is 27.4 Å². The summed E-state index contributed by atoms with van der Waals surface area (Å²) in [5.41, 5.74) is 2.22. The summed E-state index contributed by atoms with van der Waals surface area (Å²) in [6.07, 6.45) is 3.05. The highest BCUT2D eigenvalue weighted by Gasteiger charge is 1.94. The lowest BCUT2D eigenvalue weighted by Crippen LogP contribution is -1.95. The summed E-state index contributed by atoms with van der Waals surface area (Å²) in [4.78, 5) is 0. The fraction of sp³-hybridized carbons (Fsp3) is 0.600. The first-order chi connectivity index (χ1) is 5.72. The van der Waals surface area contributed by atoms with E-state index in [0.717, 1.165) is 18.6 Å². The second-order valence-corrected chi connectivity index (χ2v) is 2.71. The second kappa shape index (κ2) is 7.07. The van der Waals surface area contributed by atoms with Gasteiger partial charge in [-0.15, -0.1) is 0 Å². The van der Waals surface area contributed by atoms with E-state index >= 15 is 0 Å². The Labute approximate surface area is 74.9 Å². The zero-order valence-electron chi connectivity index (χ0n) is 8.22. The zero-order chi connectivity index (χ0) is 9.40. The van der Waals surface area contributed by atoms with Crippen LogP contribution in [-0.2, 0) is 9.47 Å². The molecule has 0 aromatic carbocycles. The van der Waals surface area contributed by atoms with Crippen LogP contribution in [0.3, 0.4) is 0 Å². The molecule has 0 rings (SSSR count). The minimum atomic E-state index is 0.606. The molecule has 0 aliphatic carbocycles. The number of rotatable bonds is 6. The first-order valence-corrected chi connectivity index (χ1v) is 4.05. The zero-order valence-corrected chi connectivity index (χ0v) is 8.22. The number of hydrogen-bond donors (Lipinski definition) is 0. The molecule has 0 saturated heterocycles. The molecule has 0 aliphatic heterocycles. The minimum Gasteiger partial charge on any atom is -0.384 e. The Balaban J connectivity index is 3.74. The van der Waals surface area contributed by atoms with Gasteiger partial charge in [-0.25, -0.2) is 0 Å². The molecule has 0 aliphatic rings. The van der Waals surface area contributed by atoms with Crippen molar-refractivity contribution >= 4 is 0 Å². The van der Waals surface area contributed by atoms with E-state index in [9.17, 15) is 0 Å². The molecule has 0 radical (unpaired) electrons. The third-order valence-electron chi connectivity index (χ3n) is 1.65. The van der Waals surface area contributed by atoms with Crippen LogP contribution in [0, 0.1) is 0 Å². The Morgan fingerprint density at radius 1 is 1.33 bits per heavy atom. The Kier molecular flexibility index (Phi) is 6.72. The van der Waals surface area contributed by atoms with Gasteiger partial charge in [-0.1, -0.05) is 18.2 Å². The summed E-state index contributed by atoms with van der Waals surface area (Å²) in [7, 11) is 3.38. The highest BCUT2D eigenvalue weighted by molar-refractivity contribution is 5.26. The quantitative estimate of drug-likeness (QED) is 0.449. The molecule has 0 heterocycles. The summed E-state index contributed by atoms with van der Waals surface area (Å²) in [6, 6.07) is 0. The van der Waals surface area contributed by atoms with Gasteiger partial charge in [0.1, 0.15) is 0 Å². The molecule has 0 saturated carbocycles. The Morgan fingerprint density at radius 3 is 2.50 bits per heavy atom. The summed E-state index contributed by atoms with van der Waals surface area (Å²) >= 11 is 0. The van der Waals surface area contributed by atoms with E-state index in [-0.39, 0.29) is 0 Å². The Hall–Kier alpha value is -0.600. The van der Waals surface area contributed by atoms with Crippen molar-refractivity contribution in [2.24, 2.45) is 0 Å². The van der Waals surface area contributed by atoms with Crippen molar-refractivity contribution in [3.05, 3.63) is 23.8 Å². The lowest BCUT2D eigenvalue weighted by molar-refractivity contribution is 0.204. The van der Waals surface area contributed by atoms with Gasteiger partial charge in [0.2, 0.25) is 0 Å². The second-order valence-electron chi connectivity index (χ2n) is 2.71. The van der Waals surface area contributed by atoms with E-state index in [1.807, 2.05) is 6.92 Å². The molecule has 0 spiro atoms. The normalized spacial score (nSPS) is 11.8. The van der Waals surface area contributed by atoms with Crippen molar-refractivity contribution in [3.63, 3.8) is 0 Å². The predicted molar refractivity (Wildman–Crippen MR) is 51.3 cm³/mol. The highest BCUT2D eigenvalue weighted by Crippen LogP contribution is 2.07. The van der Waals surface area contributed by atoms with Crippen molar-refractivity contribution in [3.8, 4) is 0 Å². The van der Waals surface area contributed by atoms with Crippen molar-refractivity contribution in [1.82, 2.24) is 0 Å². The van der Waals surface area contributed by atoms with Crippen LogP contribution in [0.15, 0.2) is 23.8 Å². The molecule has 0 aromatic heterocycles. The van der Waals surface area contributed by atoms with Crippen LogP contribution >= 0.6 is 0 Å². The molecule has 70 valence electrons. The first kappa shape index (κ1) is 11.4. The lowest BCUT2D eigenvalue weighted by atomic mass is 10.1. The number of hydrogen-bond acceptors (Lipinski definition) is 2. The molecule has 0 aromatic rings. The maximum atomic E-state index is 4.96. The van der Waals surface area contributed by atoms with E-state index in [1.54, 1.807) is 14.2 Å². The summed E-state index contributed by atoms with van der Waals surface area (Å²) < 4.78 is 9.89. The van der Waals surface area contributed by atoms with Gasteiger partial charge >= 0.3 is 0 Å². The van der Waals surface area contributed by atoms with Crippen LogP contribution < -0.4 is 0 Å². The molecular formula is C10H18O2. The average molecular weight is 170 g/mol. The van der Waals surface area contributed by atoms with E-state index in [0.29, 0.717) is 6.61 Å². The maximum absolute atomic E-state index is 4.96. The van der Waals surface area contributed by atoms with Gasteiger partial charge in [0.15, 0.2) is 0 Å². The van der Waals surface area contributed by atoms with Crippen LogP contribution in [0.1, 0.15) is 13.3 Å². The molecule has 2 nitrogen and oxygen atoms in total. The SMILES string of the molecule is C=C(COC)/C(C)=C\CCOC. The average Bonchev–Trinajstić information content (AvgIpc) is 2.05. The van der Waals surface area contributed by atoms with Gasteiger partial charge in [0.05, 0.1) is 6.61 Å². The molecule has 0 bridgehead atoms. The monoisotopic (exact) mass is 170 g/mol. The van der Waals surface area contributed by atoms with Gasteiger partial charge in [-0.05, 0) is 18.9 Å². The lowest BCUT2D eigenvalue weighted by Gasteiger charge is -2.04. The third kappa shape index (κ3) is 5.10. The number of methoxy groups -OCH3 is 2. The molecule has 12 heavy (non-hydrogen) atoms. The van der Waals surface area contributed by atoms with Crippen LogP contribution in [0.4, 0.5) is 0 Å². The fourth-order valence-electron chi connectivity index (χ4n) is 0.826. The van der Waals surface area contributed by atoms with Crippen molar-refractivity contribution in [2.75, 3.05) is 27.4 Å². The standard InChI is InChI=1S/C10H18O2/c1-9(6-5-7-11-3)10(2)8-12-4/h6H,2,5,7-8H2,1,3-4H3/b9-6-. The Morgan fingerprint density at radius 2 is 2.00 bits per heavy atom. The molecule has 0 atom stereocenters. The van der Waals surface area contributed by atoms with Crippen LogP contribution in [0.5, 0.6) is 0 Å². The molecule has 0 N–H and O–H groups in total. The van der Waals surface area contributed by atoms with Crippen molar-refractivity contribution < 1.29 is 9.47 Å². The van der Waals surface area contributed by atoms with E-state index < -0.39 is 0 Å². The predicted octanol–water partition coefficient (Wildman–Crippen LogP) is 2.17. The number of ether oxygens (including phenoxy) is 2. The van der Waals surface area contributed by atoms with Crippen LogP contribution in [0.25, 0.3) is 0 Å². The van der Waals surface area contributed by atoms with Crippen LogP contribution in [0.2, 0.25) is 0 Å². The molecule has 0 fully saturated rings. The van der Waals surface area contributed by atoms with E-state index in [2.05, 4.69) is 12.7 Å². The van der Waals surface area contributed by atoms with Crippen molar-refractivity contribution in [1.29, 1.82) is 0 Å². The highest BCUT2D eigenvalue weighted by atomic mass is 16.5. The molecule has 2 heteroatoms. The van der Waals surface area contributed by atoms with Gasteiger partial charge in [-0.3, -0.25) is 0 Å². The van der Waals surface area contributed by atoms with Gasteiger partial charge in [0, 0.05) is 20.8 Å². The van der Waals surface area contributed by atoms with Gasteiger partial charge in [0.25, 0.3) is 0 Å². The summed E-state index contributed by atoms with van der Waals surface area (Å²) in [5.74, 6) is 0. The fourth-order valence-corrected chi connectivity index (χ4v) is 0.826. The molecular weight excluding hydrogens is 152 g/mol. The minimum absolute atomic E-state index is 0.606. The molecule has 0 amide bonds. The van der Waals surface area contributed by atoms with E-state index in [1.165, 1.54) is 5.57 Å². The van der Waals surface area contributed by atoms with Gasteiger partial charge in [-0.2, -0.15) is 0 Å².